The van der Waals surface area contributed by atoms with E-state index in [-0.39, 0.29) is 22.4 Å². The van der Waals surface area contributed by atoms with Gasteiger partial charge in [-0.1, -0.05) is 13.8 Å². The van der Waals surface area contributed by atoms with E-state index in [1.165, 1.54) is 6.08 Å². The van der Waals surface area contributed by atoms with E-state index in [1.807, 2.05) is 13.8 Å². The fraction of sp³-hybridized carbons (Fsp3) is 0.545. The number of nitrogens with zero attached hydrogens (tertiary/aromatic N) is 1. The molecule has 1 aliphatic rings. The normalized spacial score (nSPS) is 19.8. The van der Waals surface area contributed by atoms with Crippen LogP contribution in [0.2, 0.25) is 0 Å². The summed E-state index contributed by atoms with van der Waals surface area (Å²) < 4.78 is 0. The summed E-state index contributed by atoms with van der Waals surface area (Å²) in [4.78, 5) is 21.5. The average molecular weight is 224 g/mol. The summed E-state index contributed by atoms with van der Waals surface area (Å²) in [7, 11) is 0. The zero-order valence-corrected chi connectivity index (χ0v) is 9.53. The lowest BCUT2D eigenvalue weighted by molar-refractivity contribution is -0.428. The first kappa shape index (κ1) is 12.4. The van der Waals surface area contributed by atoms with Crippen LogP contribution in [0.4, 0.5) is 0 Å². The number of hydrogen-bond donors (Lipinski definition) is 1. The molecular weight excluding hydrogens is 208 g/mol. The van der Waals surface area contributed by atoms with Gasteiger partial charge in [-0.2, -0.15) is 0 Å². The minimum absolute atomic E-state index is 0.00814. The lowest BCUT2D eigenvalue weighted by Gasteiger charge is -2.18. The highest BCUT2D eigenvalue weighted by molar-refractivity contribution is 5.77. The molecule has 0 saturated heterocycles. The van der Waals surface area contributed by atoms with Crippen molar-refractivity contribution >= 4 is 5.91 Å². The Labute approximate surface area is 94.4 Å². The third-order valence-corrected chi connectivity index (χ3v) is 2.50. The molecule has 1 N–H and O–H groups in total. The Morgan fingerprint density at radius 3 is 2.81 bits per heavy atom. The first-order chi connectivity index (χ1) is 7.54. The zero-order valence-electron chi connectivity index (χ0n) is 9.53. The highest BCUT2D eigenvalue weighted by Crippen LogP contribution is 2.23. The van der Waals surface area contributed by atoms with Crippen LogP contribution in [-0.2, 0) is 4.79 Å². The Bertz CT molecular complexity index is 358. The van der Waals surface area contributed by atoms with Crippen LogP contribution in [0.1, 0.15) is 33.1 Å². The Balaban J connectivity index is 2.68. The first-order valence-electron chi connectivity index (χ1n) is 5.39. The van der Waals surface area contributed by atoms with E-state index in [4.69, 9.17) is 0 Å². The number of carbonyl (C=O) groups excluding carboxylic acids is 1. The van der Waals surface area contributed by atoms with E-state index < -0.39 is 0 Å². The van der Waals surface area contributed by atoms with E-state index in [2.05, 4.69) is 5.32 Å². The number of nitro groups is 1. The lowest BCUT2D eigenvalue weighted by atomic mass is 9.96. The predicted molar refractivity (Wildman–Crippen MR) is 60.0 cm³/mol. The standard InChI is InChI=1S/C11H16N2O3/c1-3-4-11(14)12-10-6-5-9(13(15)16)7-8(10)2/h5-6,8H,3-4,7H2,1-2H3,(H,12,14). The van der Waals surface area contributed by atoms with Crippen LogP contribution >= 0.6 is 0 Å². The SMILES string of the molecule is CCCC(=O)NC1=CC=C([N+](=O)[O-])CC1C. The fourth-order valence-electron chi connectivity index (χ4n) is 1.59. The minimum atomic E-state index is -0.377. The number of rotatable bonds is 4. The molecule has 1 aliphatic carbocycles. The Morgan fingerprint density at radius 2 is 2.31 bits per heavy atom. The number of allylic oxidation sites excluding steroid dienone is 4. The molecule has 88 valence electrons. The van der Waals surface area contributed by atoms with Crippen molar-refractivity contribution in [1.29, 1.82) is 0 Å². The summed E-state index contributed by atoms with van der Waals surface area (Å²) in [6.45, 7) is 3.80. The molecular formula is C11H16N2O3. The quantitative estimate of drug-likeness (QED) is 0.586. The van der Waals surface area contributed by atoms with Crippen molar-refractivity contribution < 1.29 is 9.72 Å². The first-order valence-corrected chi connectivity index (χ1v) is 5.39. The maximum atomic E-state index is 11.4. The zero-order chi connectivity index (χ0) is 12.1. The maximum Gasteiger partial charge on any atom is 0.246 e. The Morgan fingerprint density at radius 1 is 1.62 bits per heavy atom. The van der Waals surface area contributed by atoms with E-state index in [0.29, 0.717) is 12.8 Å². The molecule has 5 nitrogen and oxygen atoms in total. The summed E-state index contributed by atoms with van der Waals surface area (Å²) in [5.41, 5.74) is 0.963. The monoisotopic (exact) mass is 224 g/mol. The second kappa shape index (κ2) is 5.44. The van der Waals surface area contributed by atoms with Crippen molar-refractivity contribution in [3.05, 3.63) is 33.7 Å². The third-order valence-electron chi connectivity index (χ3n) is 2.50. The molecule has 0 radical (unpaired) electrons. The minimum Gasteiger partial charge on any atom is -0.329 e. The summed E-state index contributed by atoms with van der Waals surface area (Å²) in [6, 6.07) is 0. The van der Waals surface area contributed by atoms with Crippen molar-refractivity contribution in [3.63, 3.8) is 0 Å². The van der Waals surface area contributed by atoms with Crippen LogP contribution < -0.4 is 5.32 Å². The third kappa shape index (κ3) is 3.18. The summed E-state index contributed by atoms with van der Waals surface area (Å²) in [6.07, 6.45) is 4.73. The van der Waals surface area contributed by atoms with Crippen molar-refractivity contribution in [2.45, 2.75) is 33.1 Å². The highest BCUT2D eigenvalue weighted by atomic mass is 16.6. The largest absolute Gasteiger partial charge is 0.329 e. The van der Waals surface area contributed by atoms with Crippen LogP contribution in [0, 0.1) is 16.0 Å². The van der Waals surface area contributed by atoms with Gasteiger partial charge >= 0.3 is 0 Å². The van der Waals surface area contributed by atoms with Gasteiger partial charge in [0.05, 0.1) is 4.92 Å². The van der Waals surface area contributed by atoms with Crippen LogP contribution in [-0.4, -0.2) is 10.8 Å². The van der Waals surface area contributed by atoms with Gasteiger partial charge in [0.2, 0.25) is 11.6 Å². The molecule has 16 heavy (non-hydrogen) atoms. The van der Waals surface area contributed by atoms with E-state index >= 15 is 0 Å². The molecule has 0 heterocycles. The van der Waals surface area contributed by atoms with Crippen molar-refractivity contribution in [1.82, 2.24) is 5.32 Å². The number of nitrogens with one attached hydrogen (secondary N) is 1. The Hall–Kier alpha value is -1.65. The van der Waals surface area contributed by atoms with Gasteiger partial charge < -0.3 is 5.32 Å². The topological polar surface area (TPSA) is 72.2 Å². The number of amides is 1. The van der Waals surface area contributed by atoms with Gasteiger partial charge in [-0.3, -0.25) is 14.9 Å². The van der Waals surface area contributed by atoms with Gasteiger partial charge in [0.15, 0.2) is 0 Å². The second-order valence-corrected chi connectivity index (χ2v) is 3.94. The smallest absolute Gasteiger partial charge is 0.246 e. The molecule has 5 heteroatoms. The van der Waals surface area contributed by atoms with E-state index in [9.17, 15) is 14.9 Å². The molecule has 1 unspecified atom stereocenters. The average Bonchev–Trinajstić information content (AvgIpc) is 2.21. The van der Waals surface area contributed by atoms with Crippen molar-refractivity contribution in [2.24, 2.45) is 5.92 Å². The molecule has 1 amide bonds. The van der Waals surface area contributed by atoms with E-state index in [0.717, 1.165) is 12.1 Å². The molecule has 0 aromatic carbocycles. The van der Waals surface area contributed by atoms with Crippen LogP contribution in [0.25, 0.3) is 0 Å². The van der Waals surface area contributed by atoms with E-state index in [1.54, 1.807) is 6.08 Å². The molecule has 0 saturated carbocycles. The van der Waals surface area contributed by atoms with Crippen LogP contribution in [0.3, 0.4) is 0 Å². The molecule has 0 fully saturated rings. The van der Waals surface area contributed by atoms with Gasteiger partial charge in [0.25, 0.3) is 0 Å². The summed E-state index contributed by atoms with van der Waals surface area (Å²) >= 11 is 0. The van der Waals surface area contributed by atoms with Crippen molar-refractivity contribution in [2.75, 3.05) is 0 Å². The van der Waals surface area contributed by atoms with Gasteiger partial charge in [-0.25, -0.2) is 0 Å². The molecule has 0 aliphatic heterocycles. The maximum absolute atomic E-state index is 11.4. The molecule has 0 bridgehead atoms. The summed E-state index contributed by atoms with van der Waals surface area (Å²) in [5.74, 6) is -0.0373. The molecule has 1 rings (SSSR count). The van der Waals surface area contributed by atoms with Gasteiger partial charge in [0.1, 0.15) is 0 Å². The summed E-state index contributed by atoms with van der Waals surface area (Å²) in [5, 5.41) is 13.3. The molecule has 1 atom stereocenters. The van der Waals surface area contributed by atoms with Gasteiger partial charge in [-0.05, 0) is 12.5 Å². The Kier molecular flexibility index (Phi) is 4.22. The van der Waals surface area contributed by atoms with Gasteiger partial charge in [-0.15, -0.1) is 0 Å². The second-order valence-electron chi connectivity index (χ2n) is 3.94. The van der Waals surface area contributed by atoms with Crippen LogP contribution in [0.15, 0.2) is 23.5 Å². The van der Waals surface area contributed by atoms with Crippen LogP contribution in [0.5, 0.6) is 0 Å². The number of hydrogen-bond acceptors (Lipinski definition) is 3. The predicted octanol–water partition coefficient (Wildman–Crippen LogP) is 1.99. The van der Waals surface area contributed by atoms with Crippen molar-refractivity contribution in [3.8, 4) is 0 Å². The highest BCUT2D eigenvalue weighted by Gasteiger charge is 2.22. The van der Waals surface area contributed by atoms with Gasteiger partial charge in [0, 0.05) is 30.5 Å². The molecule has 0 spiro atoms. The molecule has 0 aromatic heterocycles. The lowest BCUT2D eigenvalue weighted by Crippen LogP contribution is -2.27. The fourth-order valence-corrected chi connectivity index (χ4v) is 1.59. The molecule has 0 aromatic rings. The number of carbonyl (C=O) groups is 1.